The van der Waals surface area contributed by atoms with Gasteiger partial charge in [0.05, 0.1) is 6.10 Å². The van der Waals surface area contributed by atoms with Crippen LogP contribution in [0.5, 0.6) is 0 Å². The van der Waals surface area contributed by atoms with Crippen LogP contribution in [-0.4, -0.2) is 42.8 Å². The summed E-state index contributed by atoms with van der Waals surface area (Å²) in [7, 11) is 1.87. The van der Waals surface area contributed by atoms with Crippen LogP contribution in [-0.2, 0) is 4.74 Å². The van der Waals surface area contributed by atoms with Crippen molar-refractivity contribution < 1.29 is 4.74 Å². The van der Waals surface area contributed by atoms with E-state index < -0.39 is 0 Å². The molecule has 21 heavy (non-hydrogen) atoms. The Hall–Kier alpha value is -0.120. The normalized spacial score (nSPS) is 31.4. The second kappa shape index (κ2) is 7.94. The van der Waals surface area contributed by atoms with E-state index in [1.807, 2.05) is 7.11 Å². The van der Waals surface area contributed by atoms with Gasteiger partial charge in [-0.05, 0) is 57.4 Å². The van der Waals surface area contributed by atoms with E-state index in [9.17, 15) is 0 Å². The van der Waals surface area contributed by atoms with Crippen molar-refractivity contribution in [2.45, 2.75) is 89.3 Å². The van der Waals surface area contributed by atoms with E-state index in [1.54, 1.807) is 0 Å². The molecule has 0 bridgehead atoms. The third kappa shape index (κ3) is 4.20. The molecule has 2 fully saturated rings. The summed E-state index contributed by atoms with van der Waals surface area (Å²) in [6, 6.07) is 0.767. The highest BCUT2D eigenvalue weighted by Gasteiger charge is 2.43. The number of rotatable bonds is 7. The van der Waals surface area contributed by atoms with E-state index in [0.717, 1.165) is 24.9 Å². The zero-order chi connectivity index (χ0) is 15.3. The summed E-state index contributed by atoms with van der Waals surface area (Å²) in [5, 5.41) is 0. The Balaban J connectivity index is 2.13. The lowest BCUT2D eigenvalue weighted by molar-refractivity contribution is -0.0412. The molecule has 2 aliphatic rings. The van der Waals surface area contributed by atoms with Crippen molar-refractivity contribution in [1.29, 1.82) is 0 Å². The molecule has 0 radical (unpaired) electrons. The predicted octanol–water partition coefficient (Wildman–Crippen LogP) is 3.56. The minimum absolute atomic E-state index is 0.197. The van der Waals surface area contributed by atoms with Gasteiger partial charge in [0.1, 0.15) is 0 Å². The van der Waals surface area contributed by atoms with Crippen molar-refractivity contribution >= 4 is 0 Å². The Morgan fingerprint density at radius 1 is 1.19 bits per heavy atom. The summed E-state index contributed by atoms with van der Waals surface area (Å²) in [5.74, 6) is 0.769. The van der Waals surface area contributed by atoms with Gasteiger partial charge in [0.2, 0.25) is 0 Å². The van der Waals surface area contributed by atoms with Crippen molar-refractivity contribution in [3.63, 3.8) is 0 Å². The molecular formula is C18H36N2O. The molecule has 2 atom stereocenters. The highest BCUT2D eigenvalue weighted by Crippen LogP contribution is 2.39. The van der Waals surface area contributed by atoms with Crippen molar-refractivity contribution in [3.05, 3.63) is 0 Å². The van der Waals surface area contributed by atoms with Crippen LogP contribution in [0.2, 0.25) is 0 Å². The molecule has 2 aliphatic carbocycles. The van der Waals surface area contributed by atoms with E-state index >= 15 is 0 Å². The molecule has 0 aromatic carbocycles. The first-order valence-corrected chi connectivity index (χ1v) is 9.11. The van der Waals surface area contributed by atoms with Crippen LogP contribution in [0.1, 0.15) is 71.6 Å². The van der Waals surface area contributed by atoms with E-state index in [-0.39, 0.29) is 5.54 Å². The predicted molar refractivity (Wildman–Crippen MR) is 89.5 cm³/mol. The molecule has 3 heteroatoms. The van der Waals surface area contributed by atoms with Gasteiger partial charge >= 0.3 is 0 Å². The molecule has 2 N–H and O–H groups in total. The molecular weight excluding hydrogens is 260 g/mol. The molecule has 2 unspecified atom stereocenters. The summed E-state index contributed by atoms with van der Waals surface area (Å²) in [6.45, 7) is 6.68. The molecule has 0 aliphatic heterocycles. The summed E-state index contributed by atoms with van der Waals surface area (Å²) in [6.07, 6.45) is 12.1. The fraction of sp³-hybridized carbons (Fsp3) is 1.00. The maximum Gasteiger partial charge on any atom is 0.0589 e. The standard InChI is InChI=1S/C18H36N2O/c1-15(2)10-12-20(16-7-4-5-8-16)18(14-19)11-6-9-17(13-18)21-3/h15-17H,4-14,19H2,1-3H3. The van der Waals surface area contributed by atoms with Gasteiger partial charge in [-0.2, -0.15) is 0 Å². The molecule has 0 aromatic heterocycles. The first kappa shape index (κ1) is 17.2. The van der Waals surface area contributed by atoms with Gasteiger partial charge in [0, 0.05) is 25.2 Å². The molecule has 0 heterocycles. The van der Waals surface area contributed by atoms with Crippen LogP contribution in [0.15, 0.2) is 0 Å². The number of hydrogen-bond acceptors (Lipinski definition) is 3. The van der Waals surface area contributed by atoms with Gasteiger partial charge in [0.25, 0.3) is 0 Å². The van der Waals surface area contributed by atoms with Gasteiger partial charge in [-0.25, -0.2) is 0 Å². The second-order valence-electron chi connectivity index (χ2n) is 7.70. The van der Waals surface area contributed by atoms with Crippen LogP contribution >= 0.6 is 0 Å². The lowest BCUT2D eigenvalue weighted by Gasteiger charge is -2.51. The van der Waals surface area contributed by atoms with Crippen LogP contribution < -0.4 is 5.73 Å². The fourth-order valence-corrected chi connectivity index (χ4v) is 4.47. The summed E-state index contributed by atoms with van der Waals surface area (Å²) >= 11 is 0. The van der Waals surface area contributed by atoms with Gasteiger partial charge in [-0.3, -0.25) is 4.90 Å². The first-order valence-electron chi connectivity index (χ1n) is 9.11. The Kier molecular flexibility index (Phi) is 6.51. The smallest absolute Gasteiger partial charge is 0.0589 e. The molecule has 124 valence electrons. The van der Waals surface area contributed by atoms with Crippen LogP contribution in [0.4, 0.5) is 0 Å². The largest absolute Gasteiger partial charge is 0.381 e. The lowest BCUT2D eigenvalue weighted by Crippen LogP contribution is -2.60. The lowest BCUT2D eigenvalue weighted by atomic mass is 9.77. The number of methoxy groups -OCH3 is 1. The Morgan fingerprint density at radius 2 is 1.90 bits per heavy atom. The molecule has 2 rings (SSSR count). The zero-order valence-corrected chi connectivity index (χ0v) is 14.4. The minimum atomic E-state index is 0.197. The highest BCUT2D eigenvalue weighted by molar-refractivity contribution is 5.00. The third-order valence-electron chi connectivity index (χ3n) is 5.81. The fourth-order valence-electron chi connectivity index (χ4n) is 4.47. The van der Waals surface area contributed by atoms with E-state index in [0.29, 0.717) is 6.10 Å². The molecule has 3 nitrogen and oxygen atoms in total. The van der Waals surface area contributed by atoms with Gasteiger partial charge in [-0.15, -0.1) is 0 Å². The quantitative estimate of drug-likeness (QED) is 0.780. The van der Waals surface area contributed by atoms with Crippen LogP contribution in [0.25, 0.3) is 0 Å². The van der Waals surface area contributed by atoms with Crippen LogP contribution in [0.3, 0.4) is 0 Å². The van der Waals surface area contributed by atoms with E-state index in [4.69, 9.17) is 10.5 Å². The van der Waals surface area contributed by atoms with Crippen molar-refractivity contribution in [2.24, 2.45) is 11.7 Å². The topological polar surface area (TPSA) is 38.5 Å². The maximum atomic E-state index is 6.33. The zero-order valence-electron chi connectivity index (χ0n) is 14.4. The van der Waals surface area contributed by atoms with Crippen molar-refractivity contribution in [2.75, 3.05) is 20.2 Å². The van der Waals surface area contributed by atoms with Gasteiger partial charge in [-0.1, -0.05) is 26.7 Å². The van der Waals surface area contributed by atoms with Gasteiger partial charge in [0.15, 0.2) is 0 Å². The Labute approximate surface area is 131 Å². The van der Waals surface area contributed by atoms with Gasteiger partial charge < -0.3 is 10.5 Å². The first-order chi connectivity index (χ1) is 10.1. The maximum absolute atomic E-state index is 6.33. The number of nitrogens with two attached hydrogens (primary N) is 1. The molecule has 0 amide bonds. The second-order valence-corrected chi connectivity index (χ2v) is 7.70. The average Bonchev–Trinajstić information content (AvgIpc) is 3.01. The van der Waals surface area contributed by atoms with Crippen LogP contribution in [0, 0.1) is 5.92 Å². The molecule has 0 saturated heterocycles. The minimum Gasteiger partial charge on any atom is -0.381 e. The molecule has 2 saturated carbocycles. The SMILES string of the molecule is COC1CCCC(CN)(N(CCC(C)C)C2CCCC2)C1. The van der Waals surface area contributed by atoms with E-state index in [2.05, 4.69) is 18.7 Å². The van der Waals surface area contributed by atoms with E-state index in [1.165, 1.54) is 57.9 Å². The highest BCUT2D eigenvalue weighted by atomic mass is 16.5. The van der Waals surface area contributed by atoms with Crippen molar-refractivity contribution in [3.8, 4) is 0 Å². The third-order valence-corrected chi connectivity index (χ3v) is 5.81. The number of nitrogens with zero attached hydrogens (tertiary/aromatic N) is 1. The average molecular weight is 296 g/mol. The Bertz CT molecular complexity index is 302. The number of hydrogen-bond donors (Lipinski definition) is 1. The molecule has 0 spiro atoms. The summed E-state index contributed by atoms with van der Waals surface area (Å²) in [5.41, 5.74) is 6.53. The Morgan fingerprint density at radius 3 is 2.48 bits per heavy atom. The number of ether oxygens (including phenoxy) is 1. The monoisotopic (exact) mass is 296 g/mol. The van der Waals surface area contributed by atoms with Crippen molar-refractivity contribution in [1.82, 2.24) is 4.90 Å². The summed E-state index contributed by atoms with van der Waals surface area (Å²) in [4.78, 5) is 2.82. The summed E-state index contributed by atoms with van der Waals surface area (Å²) < 4.78 is 5.70. The molecule has 0 aromatic rings.